The fraction of sp³-hybridized carbons (Fsp3) is 0.385. The molecule has 94 valence electrons. The van der Waals surface area contributed by atoms with E-state index < -0.39 is 5.82 Å². The Hall–Kier alpha value is -2.11. The predicted molar refractivity (Wildman–Crippen MR) is 65.4 cm³/mol. The minimum absolute atomic E-state index is 0.268. The molecule has 0 saturated carbocycles. The number of hydrogen-bond acceptors (Lipinski definition) is 4. The molecule has 0 aromatic heterocycles. The lowest BCUT2D eigenvalue weighted by Gasteiger charge is -2.23. The normalized spacial score (nSPS) is 9.56. The van der Waals surface area contributed by atoms with Gasteiger partial charge in [0.1, 0.15) is 5.82 Å². The van der Waals surface area contributed by atoms with Gasteiger partial charge in [-0.25, -0.2) is 4.39 Å². The lowest BCUT2D eigenvalue weighted by atomic mass is 10.2. The summed E-state index contributed by atoms with van der Waals surface area (Å²) in [4.78, 5) is 1.83. The van der Waals surface area contributed by atoms with Crippen molar-refractivity contribution >= 4 is 5.69 Å². The zero-order valence-corrected chi connectivity index (χ0v) is 10.2. The molecule has 18 heavy (non-hydrogen) atoms. The third kappa shape index (κ3) is 4.04. The van der Waals surface area contributed by atoms with Crippen LogP contribution in [0.1, 0.15) is 12.0 Å². The number of methoxy groups -OCH3 is 1. The van der Waals surface area contributed by atoms with Gasteiger partial charge in [0.2, 0.25) is 0 Å². The third-order valence-electron chi connectivity index (χ3n) is 2.44. The second kappa shape index (κ2) is 7.26. The molecule has 0 saturated heterocycles. The highest BCUT2D eigenvalue weighted by molar-refractivity contribution is 5.52. The van der Waals surface area contributed by atoms with Crippen molar-refractivity contribution in [3.63, 3.8) is 0 Å². The zero-order valence-electron chi connectivity index (χ0n) is 10.2. The topological polar surface area (TPSA) is 60.0 Å². The van der Waals surface area contributed by atoms with Crippen molar-refractivity contribution in [1.82, 2.24) is 0 Å². The quantitative estimate of drug-likeness (QED) is 0.772. The largest absolute Gasteiger partial charge is 0.383 e. The van der Waals surface area contributed by atoms with E-state index in [1.807, 2.05) is 17.0 Å². The fourth-order valence-corrected chi connectivity index (χ4v) is 1.58. The highest BCUT2D eigenvalue weighted by atomic mass is 19.1. The monoisotopic (exact) mass is 247 g/mol. The first-order valence-corrected chi connectivity index (χ1v) is 5.52. The molecule has 0 aliphatic carbocycles. The van der Waals surface area contributed by atoms with Crippen LogP contribution >= 0.6 is 0 Å². The van der Waals surface area contributed by atoms with Crippen molar-refractivity contribution in [2.24, 2.45) is 0 Å². The van der Waals surface area contributed by atoms with Crippen LogP contribution in [0.25, 0.3) is 0 Å². The molecule has 0 spiro atoms. The summed E-state index contributed by atoms with van der Waals surface area (Å²) in [5, 5.41) is 17.4. The number of nitriles is 2. The molecule has 4 nitrogen and oxygen atoms in total. The average Bonchev–Trinajstić information content (AvgIpc) is 2.38. The van der Waals surface area contributed by atoms with Crippen LogP contribution < -0.4 is 4.90 Å². The molecule has 1 aromatic carbocycles. The number of benzene rings is 1. The highest BCUT2D eigenvalue weighted by Gasteiger charge is 2.09. The number of ether oxygens (including phenoxy) is 1. The molecule has 0 aliphatic heterocycles. The number of hydrogen-bond donors (Lipinski definition) is 0. The summed E-state index contributed by atoms with van der Waals surface area (Å²) < 4.78 is 18.3. The molecule has 0 aliphatic rings. The smallest absolute Gasteiger partial charge is 0.126 e. The van der Waals surface area contributed by atoms with Crippen LogP contribution in [0.3, 0.4) is 0 Å². The molecule has 0 bridgehead atoms. The second-order valence-corrected chi connectivity index (χ2v) is 3.70. The summed E-state index contributed by atoms with van der Waals surface area (Å²) >= 11 is 0. The van der Waals surface area contributed by atoms with Gasteiger partial charge in [-0.05, 0) is 18.2 Å². The Morgan fingerprint density at radius 2 is 2.06 bits per heavy atom. The Bertz CT molecular complexity index is 476. The van der Waals surface area contributed by atoms with Crippen molar-refractivity contribution in [2.75, 3.05) is 31.7 Å². The van der Waals surface area contributed by atoms with Gasteiger partial charge in [-0.15, -0.1) is 0 Å². The molecule has 0 amide bonds. The van der Waals surface area contributed by atoms with E-state index in [1.165, 1.54) is 12.1 Å². The first kappa shape index (κ1) is 14.0. The van der Waals surface area contributed by atoms with Crippen LogP contribution in [0, 0.1) is 28.5 Å². The van der Waals surface area contributed by atoms with Crippen LogP contribution in [0.2, 0.25) is 0 Å². The van der Waals surface area contributed by atoms with E-state index >= 15 is 0 Å². The molecule has 5 heteroatoms. The van der Waals surface area contributed by atoms with Crippen LogP contribution in [0.5, 0.6) is 0 Å². The van der Waals surface area contributed by atoms with Gasteiger partial charge in [0.05, 0.1) is 30.7 Å². The molecule has 0 heterocycles. The van der Waals surface area contributed by atoms with Crippen LogP contribution in [0.15, 0.2) is 18.2 Å². The van der Waals surface area contributed by atoms with Gasteiger partial charge in [0.15, 0.2) is 0 Å². The highest BCUT2D eigenvalue weighted by Crippen LogP contribution is 2.18. The number of halogens is 1. The Morgan fingerprint density at radius 3 is 2.67 bits per heavy atom. The van der Waals surface area contributed by atoms with E-state index in [0.717, 1.165) is 0 Å². The van der Waals surface area contributed by atoms with Crippen molar-refractivity contribution in [2.45, 2.75) is 6.42 Å². The Balaban J connectivity index is 2.93. The molecule has 0 unspecified atom stereocenters. The van der Waals surface area contributed by atoms with Gasteiger partial charge < -0.3 is 9.64 Å². The average molecular weight is 247 g/mol. The molecule has 0 N–H and O–H groups in total. The lowest BCUT2D eigenvalue weighted by Crippen LogP contribution is -2.28. The molecule has 0 fully saturated rings. The van der Waals surface area contributed by atoms with E-state index in [0.29, 0.717) is 31.8 Å². The Labute approximate surface area is 106 Å². The van der Waals surface area contributed by atoms with Gasteiger partial charge in [-0.3, -0.25) is 0 Å². The van der Waals surface area contributed by atoms with E-state index in [2.05, 4.69) is 0 Å². The van der Waals surface area contributed by atoms with Crippen LogP contribution in [-0.2, 0) is 4.74 Å². The van der Waals surface area contributed by atoms with E-state index in [-0.39, 0.29) is 5.56 Å². The number of anilines is 1. The minimum Gasteiger partial charge on any atom is -0.383 e. The number of rotatable bonds is 6. The summed E-state index contributed by atoms with van der Waals surface area (Å²) in [6.07, 6.45) is 0.335. The van der Waals surface area contributed by atoms with Gasteiger partial charge in [0, 0.05) is 25.9 Å². The summed E-state index contributed by atoms with van der Waals surface area (Å²) in [7, 11) is 1.58. The summed E-state index contributed by atoms with van der Waals surface area (Å²) in [5.74, 6) is -0.455. The molecule has 0 atom stereocenters. The predicted octanol–water partition coefficient (Wildman–Crippen LogP) is 2.06. The first-order chi connectivity index (χ1) is 8.71. The fourth-order valence-electron chi connectivity index (χ4n) is 1.58. The van der Waals surface area contributed by atoms with Gasteiger partial charge in [-0.1, -0.05) is 0 Å². The van der Waals surface area contributed by atoms with Crippen molar-refractivity contribution in [3.8, 4) is 12.1 Å². The van der Waals surface area contributed by atoms with Crippen molar-refractivity contribution in [1.29, 1.82) is 10.5 Å². The van der Waals surface area contributed by atoms with Crippen LogP contribution in [-0.4, -0.2) is 26.8 Å². The third-order valence-corrected chi connectivity index (χ3v) is 2.44. The maximum absolute atomic E-state index is 13.3. The molecular formula is C13H14FN3O. The van der Waals surface area contributed by atoms with Gasteiger partial charge in [-0.2, -0.15) is 10.5 Å². The SMILES string of the molecule is COCCN(CCC#N)c1cc(F)cc(C#N)c1. The molecular weight excluding hydrogens is 233 g/mol. The van der Waals surface area contributed by atoms with E-state index in [9.17, 15) is 4.39 Å². The minimum atomic E-state index is -0.455. The Morgan fingerprint density at radius 1 is 1.28 bits per heavy atom. The Kier molecular flexibility index (Phi) is 5.63. The summed E-state index contributed by atoms with van der Waals surface area (Å²) in [6.45, 7) is 1.50. The summed E-state index contributed by atoms with van der Waals surface area (Å²) in [5.41, 5.74) is 0.864. The summed E-state index contributed by atoms with van der Waals surface area (Å²) in [6, 6.07) is 8.10. The van der Waals surface area contributed by atoms with Crippen molar-refractivity contribution < 1.29 is 9.13 Å². The second-order valence-electron chi connectivity index (χ2n) is 3.70. The molecule has 0 radical (unpaired) electrons. The number of nitrogens with zero attached hydrogens (tertiary/aromatic N) is 3. The maximum Gasteiger partial charge on any atom is 0.126 e. The van der Waals surface area contributed by atoms with Crippen molar-refractivity contribution in [3.05, 3.63) is 29.6 Å². The van der Waals surface area contributed by atoms with Crippen LogP contribution in [0.4, 0.5) is 10.1 Å². The van der Waals surface area contributed by atoms with E-state index in [4.69, 9.17) is 15.3 Å². The first-order valence-electron chi connectivity index (χ1n) is 5.52. The molecule has 1 rings (SSSR count). The lowest BCUT2D eigenvalue weighted by molar-refractivity contribution is 0.205. The maximum atomic E-state index is 13.3. The van der Waals surface area contributed by atoms with E-state index in [1.54, 1.807) is 13.2 Å². The van der Waals surface area contributed by atoms with Gasteiger partial charge >= 0.3 is 0 Å². The van der Waals surface area contributed by atoms with Gasteiger partial charge in [0.25, 0.3) is 0 Å². The zero-order chi connectivity index (χ0) is 13.4. The molecule has 1 aromatic rings. The standard InChI is InChI=1S/C13H14FN3O/c1-18-6-5-17(4-2-3-15)13-8-11(10-16)7-12(14)9-13/h7-9H,2,4-6H2,1H3.